The smallest absolute Gasteiger partial charge is 0.277 e. The lowest BCUT2D eigenvalue weighted by atomic mass is 10.0. The largest absolute Gasteiger partial charge is 0.508 e. The molecule has 0 aliphatic carbocycles. The van der Waals surface area contributed by atoms with Crippen molar-refractivity contribution in [1.29, 1.82) is 0 Å². The van der Waals surface area contributed by atoms with E-state index in [0.29, 0.717) is 22.0 Å². The fraction of sp³-hybridized carbons (Fsp3) is 0.0435. The Hall–Kier alpha value is -3.97. The molecule has 0 unspecified atom stereocenters. The average molecular weight is 433 g/mol. The van der Waals surface area contributed by atoms with Gasteiger partial charge in [0.2, 0.25) is 0 Å². The van der Waals surface area contributed by atoms with Crippen LogP contribution in [-0.4, -0.2) is 33.3 Å². The summed E-state index contributed by atoms with van der Waals surface area (Å²) < 4.78 is 5.55. The summed E-state index contributed by atoms with van der Waals surface area (Å²) in [7, 11) is 0. The van der Waals surface area contributed by atoms with Gasteiger partial charge in [-0.15, -0.1) is 0 Å². The van der Waals surface area contributed by atoms with Crippen LogP contribution in [-0.2, 0) is 4.79 Å². The molecule has 4 rings (SSSR count). The fourth-order valence-corrected chi connectivity index (χ4v) is 2.98. The van der Waals surface area contributed by atoms with E-state index in [4.69, 9.17) is 16.3 Å². The van der Waals surface area contributed by atoms with Crippen LogP contribution in [0.3, 0.4) is 0 Å². The van der Waals surface area contributed by atoms with Crippen molar-refractivity contribution in [3.63, 3.8) is 0 Å². The Labute approximate surface area is 183 Å². The number of amides is 1. The standard InChI is InChI=1S/C23H17ClN4O3/c24-17-5-1-15(2-6-17)23(16-3-7-18(29)8-4-16)28-27-22(30)14-31-19-9-10-20-21(13-19)26-12-11-25-20/h1-13,29H,14H2,(H,27,30)/b28-23-. The highest BCUT2D eigenvalue weighted by Gasteiger charge is 2.10. The van der Waals surface area contributed by atoms with E-state index in [1.54, 1.807) is 79.1 Å². The van der Waals surface area contributed by atoms with Gasteiger partial charge in [0.15, 0.2) is 6.61 Å². The normalized spacial score (nSPS) is 11.3. The molecule has 7 nitrogen and oxygen atoms in total. The molecule has 0 bridgehead atoms. The summed E-state index contributed by atoms with van der Waals surface area (Å²) in [6, 6.07) is 18.8. The topological polar surface area (TPSA) is 96.7 Å². The highest BCUT2D eigenvalue weighted by Crippen LogP contribution is 2.18. The lowest BCUT2D eigenvalue weighted by Crippen LogP contribution is -2.26. The number of hydrazone groups is 1. The van der Waals surface area contributed by atoms with Crippen molar-refractivity contribution in [3.8, 4) is 11.5 Å². The second-order valence-electron chi connectivity index (χ2n) is 6.54. The first kappa shape index (κ1) is 20.3. The van der Waals surface area contributed by atoms with Crippen molar-refractivity contribution in [2.75, 3.05) is 6.61 Å². The van der Waals surface area contributed by atoms with Gasteiger partial charge in [0.25, 0.3) is 5.91 Å². The lowest BCUT2D eigenvalue weighted by molar-refractivity contribution is -0.123. The molecule has 2 N–H and O–H groups in total. The van der Waals surface area contributed by atoms with Gasteiger partial charge in [0.1, 0.15) is 11.5 Å². The first-order chi connectivity index (χ1) is 15.1. The Morgan fingerprint density at radius 1 is 0.935 bits per heavy atom. The molecule has 8 heteroatoms. The van der Waals surface area contributed by atoms with Gasteiger partial charge in [-0.3, -0.25) is 14.8 Å². The highest BCUT2D eigenvalue weighted by atomic mass is 35.5. The maximum absolute atomic E-state index is 12.3. The highest BCUT2D eigenvalue weighted by molar-refractivity contribution is 6.30. The third kappa shape index (κ3) is 5.15. The summed E-state index contributed by atoms with van der Waals surface area (Å²) in [5, 5.41) is 14.4. The molecule has 0 fully saturated rings. The van der Waals surface area contributed by atoms with E-state index in [1.807, 2.05) is 0 Å². The Morgan fingerprint density at radius 2 is 1.58 bits per heavy atom. The molecule has 3 aromatic carbocycles. The van der Waals surface area contributed by atoms with E-state index in [0.717, 1.165) is 16.6 Å². The van der Waals surface area contributed by atoms with Gasteiger partial charge in [0.05, 0.1) is 16.7 Å². The van der Waals surface area contributed by atoms with E-state index in [1.165, 1.54) is 0 Å². The second-order valence-corrected chi connectivity index (χ2v) is 6.98. The number of nitrogens with zero attached hydrogens (tertiary/aromatic N) is 3. The second kappa shape index (κ2) is 9.23. The van der Waals surface area contributed by atoms with E-state index in [2.05, 4.69) is 20.5 Å². The number of phenols is 1. The first-order valence-electron chi connectivity index (χ1n) is 9.34. The van der Waals surface area contributed by atoms with Gasteiger partial charge >= 0.3 is 0 Å². The number of benzene rings is 3. The van der Waals surface area contributed by atoms with Gasteiger partial charge < -0.3 is 9.84 Å². The SMILES string of the molecule is O=C(COc1ccc2nccnc2c1)N/N=C(\c1ccc(O)cc1)c1ccc(Cl)cc1. The van der Waals surface area contributed by atoms with Crippen molar-refractivity contribution < 1.29 is 14.6 Å². The summed E-state index contributed by atoms with van der Waals surface area (Å²) >= 11 is 5.98. The summed E-state index contributed by atoms with van der Waals surface area (Å²) in [5.74, 6) is 0.213. The Kier molecular flexibility index (Phi) is 6.05. The predicted octanol–water partition coefficient (Wildman–Crippen LogP) is 3.94. The molecule has 0 aliphatic rings. The molecular weight excluding hydrogens is 416 g/mol. The number of aromatic hydroxyl groups is 1. The third-order valence-corrected chi connectivity index (χ3v) is 4.61. The van der Waals surface area contributed by atoms with Crippen LogP contribution in [0.2, 0.25) is 5.02 Å². The van der Waals surface area contributed by atoms with E-state index in [9.17, 15) is 9.90 Å². The van der Waals surface area contributed by atoms with Crippen molar-refractivity contribution in [2.24, 2.45) is 5.10 Å². The molecular formula is C23H17ClN4O3. The van der Waals surface area contributed by atoms with Gasteiger partial charge in [-0.1, -0.05) is 23.7 Å². The number of nitrogens with one attached hydrogen (secondary N) is 1. The monoisotopic (exact) mass is 432 g/mol. The molecule has 1 aromatic heterocycles. The summed E-state index contributed by atoms with van der Waals surface area (Å²) in [5.41, 5.74) is 5.93. The zero-order valence-corrected chi connectivity index (χ0v) is 17.0. The van der Waals surface area contributed by atoms with Crippen LogP contribution in [0.1, 0.15) is 11.1 Å². The van der Waals surface area contributed by atoms with Gasteiger partial charge in [-0.05, 0) is 48.5 Å². The molecule has 154 valence electrons. The molecule has 4 aromatic rings. The molecule has 31 heavy (non-hydrogen) atoms. The maximum atomic E-state index is 12.3. The molecule has 0 spiro atoms. The first-order valence-corrected chi connectivity index (χ1v) is 9.72. The quantitative estimate of drug-likeness (QED) is 0.355. The van der Waals surface area contributed by atoms with Crippen molar-refractivity contribution in [2.45, 2.75) is 0 Å². The number of aromatic nitrogens is 2. The number of phenolic OH excluding ortho intramolecular Hbond substituents is 1. The number of fused-ring (bicyclic) bond motifs is 1. The van der Waals surface area contributed by atoms with Crippen LogP contribution in [0.15, 0.2) is 84.2 Å². The number of ether oxygens (including phenoxy) is 1. The van der Waals surface area contributed by atoms with Crippen LogP contribution in [0, 0.1) is 0 Å². The molecule has 0 aliphatic heterocycles. The molecule has 0 atom stereocenters. The minimum Gasteiger partial charge on any atom is -0.508 e. The fourth-order valence-electron chi connectivity index (χ4n) is 2.86. The minimum absolute atomic E-state index is 0.136. The Morgan fingerprint density at radius 3 is 2.29 bits per heavy atom. The predicted molar refractivity (Wildman–Crippen MR) is 118 cm³/mol. The Bertz CT molecular complexity index is 1190. The maximum Gasteiger partial charge on any atom is 0.277 e. The van der Waals surface area contributed by atoms with Crippen LogP contribution < -0.4 is 10.2 Å². The van der Waals surface area contributed by atoms with Crippen molar-refractivity contribution in [3.05, 3.63) is 95.3 Å². The summed E-state index contributed by atoms with van der Waals surface area (Å²) in [6.07, 6.45) is 3.20. The molecule has 0 saturated heterocycles. The van der Waals surface area contributed by atoms with Crippen LogP contribution in [0.4, 0.5) is 0 Å². The number of carbonyl (C=O) groups excluding carboxylic acids is 1. The van der Waals surface area contributed by atoms with Crippen LogP contribution in [0.25, 0.3) is 11.0 Å². The third-order valence-electron chi connectivity index (χ3n) is 4.36. The van der Waals surface area contributed by atoms with Gasteiger partial charge in [-0.2, -0.15) is 5.10 Å². The minimum atomic E-state index is -0.426. The van der Waals surface area contributed by atoms with Crippen LogP contribution >= 0.6 is 11.6 Å². The zero-order valence-electron chi connectivity index (χ0n) is 16.2. The summed E-state index contributed by atoms with van der Waals surface area (Å²) in [4.78, 5) is 20.7. The number of hydrogen-bond donors (Lipinski definition) is 2. The molecule has 0 saturated carbocycles. The van der Waals surface area contributed by atoms with Gasteiger partial charge in [0, 0.05) is 34.6 Å². The van der Waals surface area contributed by atoms with Crippen molar-refractivity contribution >= 4 is 34.3 Å². The molecule has 1 heterocycles. The van der Waals surface area contributed by atoms with E-state index < -0.39 is 5.91 Å². The van der Waals surface area contributed by atoms with Gasteiger partial charge in [-0.25, -0.2) is 5.43 Å². The van der Waals surface area contributed by atoms with Crippen molar-refractivity contribution in [1.82, 2.24) is 15.4 Å². The van der Waals surface area contributed by atoms with Crippen LogP contribution in [0.5, 0.6) is 11.5 Å². The zero-order chi connectivity index (χ0) is 21.6. The van der Waals surface area contributed by atoms with E-state index in [-0.39, 0.29) is 12.4 Å². The number of halogens is 1. The molecule has 0 radical (unpaired) electrons. The average Bonchev–Trinajstić information content (AvgIpc) is 2.80. The Balaban J connectivity index is 1.48. The van der Waals surface area contributed by atoms with E-state index >= 15 is 0 Å². The number of hydrogen-bond acceptors (Lipinski definition) is 6. The number of rotatable bonds is 6. The molecule has 1 amide bonds. The summed E-state index contributed by atoms with van der Waals surface area (Å²) in [6.45, 7) is -0.223. The lowest BCUT2D eigenvalue weighted by Gasteiger charge is -2.09. The number of carbonyl (C=O) groups is 1.